The molecule has 3 rings (SSSR count). The van der Waals surface area contributed by atoms with E-state index in [1.165, 1.54) is 0 Å². The molecule has 0 spiro atoms. The highest BCUT2D eigenvalue weighted by Gasteiger charge is 2.19. The summed E-state index contributed by atoms with van der Waals surface area (Å²) in [4.78, 5) is 12.1. The lowest BCUT2D eigenvalue weighted by molar-refractivity contribution is -0.0440. The van der Waals surface area contributed by atoms with Crippen molar-refractivity contribution in [2.45, 2.75) is 13.2 Å². The first kappa shape index (κ1) is 13.6. The van der Waals surface area contributed by atoms with Gasteiger partial charge in [0.1, 0.15) is 0 Å². The van der Waals surface area contributed by atoms with Crippen molar-refractivity contribution >= 4 is 17.3 Å². The molecule has 2 heterocycles. The summed E-state index contributed by atoms with van der Waals surface area (Å²) in [6.07, 6.45) is -0.375. The van der Waals surface area contributed by atoms with Crippen molar-refractivity contribution in [2.24, 2.45) is 0 Å². The van der Waals surface area contributed by atoms with Crippen molar-refractivity contribution < 1.29 is 14.3 Å². The van der Waals surface area contributed by atoms with E-state index in [0.717, 1.165) is 5.56 Å². The molecule has 4 N–H and O–H groups in total. The standard InChI is InChI=1S/C14H16N4O3/c1-8-11(15)12(18-17-8)13(19)16-10-4-2-3-9(7-10)14-20-5-6-21-14/h2-4,7,14H,5-6,15H2,1H3,(H,16,19)(H,17,18). The molecule has 7 nitrogen and oxygen atoms in total. The maximum Gasteiger partial charge on any atom is 0.278 e. The fraction of sp³-hybridized carbons (Fsp3) is 0.286. The Hall–Kier alpha value is -2.38. The minimum absolute atomic E-state index is 0.186. The number of nitrogens with zero attached hydrogens (tertiary/aromatic N) is 1. The van der Waals surface area contributed by atoms with Crippen LogP contribution in [-0.2, 0) is 9.47 Å². The predicted molar refractivity (Wildman–Crippen MR) is 76.8 cm³/mol. The molecule has 1 aliphatic rings. The second kappa shape index (κ2) is 5.55. The molecule has 0 bridgehead atoms. The number of nitrogens with two attached hydrogens (primary N) is 1. The van der Waals surface area contributed by atoms with E-state index in [1.807, 2.05) is 18.2 Å². The molecule has 2 aromatic rings. The molecule has 1 saturated heterocycles. The van der Waals surface area contributed by atoms with Crippen molar-refractivity contribution in [3.63, 3.8) is 0 Å². The first-order valence-corrected chi connectivity index (χ1v) is 6.60. The molecule has 1 amide bonds. The number of nitrogens with one attached hydrogen (secondary N) is 2. The summed E-state index contributed by atoms with van der Waals surface area (Å²) in [7, 11) is 0. The number of aromatic nitrogens is 2. The molecule has 21 heavy (non-hydrogen) atoms. The van der Waals surface area contributed by atoms with Crippen molar-refractivity contribution in [1.82, 2.24) is 10.2 Å². The molecule has 0 radical (unpaired) electrons. The van der Waals surface area contributed by atoms with Gasteiger partial charge in [0.25, 0.3) is 5.91 Å². The maximum atomic E-state index is 12.1. The van der Waals surface area contributed by atoms with Crippen LogP contribution in [0.4, 0.5) is 11.4 Å². The number of amides is 1. The van der Waals surface area contributed by atoms with Gasteiger partial charge in [-0.15, -0.1) is 0 Å². The van der Waals surface area contributed by atoms with Crippen molar-refractivity contribution in [3.05, 3.63) is 41.2 Å². The summed E-state index contributed by atoms with van der Waals surface area (Å²) >= 11 is 0. The molecule has 0 saturated carbocycles. The Kier molecular flexibility index (Phi) is 3.59. The zero-order valence-corrected chi connectivity index (χ0v) is 11.6. The molecule has 0 aliphatic carbocycles. The normalized spacial score (nSPS) is 15.3. The number of hydrogen-bond acceptors (Lipinski definition) is 5. The Labute approximate surface area is 121 Å². The van der Waals surface area contributed by atoms with Crippen LogP contribution in [0.1, 0.15) is 28.0 Å². The third kappa shape index (κ3) is 2.74. The number of anilines is 2. The van der Waals surface area contributed by atoms with Crippen LogP contribution in [0, 0.1) is 6.92 Å². The van der Waals surface area contributed by atoms with Gasteiger partial charge in [-0.1, -0.05) is 12.1 Å². The fourth-order valence-electron chi connectivity index (χ4n) is 2.12. The van der Waals surface area contributed by atoms with Crippen molar-refractivity contribution in [1.29, 1.82) is 0 Å². The van der Waals surface area contributed by atoms with E-state index in [0.29, 0.717) is 30.3 Å². The second-order valence-electron chi connectivity index (χ2n) is 4.76. The van der Waals surface area contributed by atoms with E-state index in [1.54, 1.807) is 13.0 Å². The minimum atomic E-state index is -0.375. The Balaban J connectivity index is 1.77. The van der Waals surface area contributed by atoms with Crippen LogP contribution in [0.3, 0.4) is 0 Å². The molecule has 0 atom stereocenters. The lowest BCUT2D eigenvalue weighted by Crippen LogP contribution is -2.14. The highest BCUT2D eigenvalue weighted by Crippen LogP contribution is 2.25. The average molecular weight is 288 g/mol. The molecule has 1 aromatic heterocycles. The maximum absolute atomic E-state index is 12.1. The Bertz CT molecular complexity index is 662. The SMILES string of the molecule is Cc1[nH]nc(C(=O)Nc2cccc(C3OCCO3)c2)c1N. The highest BCUT2D eigenvalue weighted by atomic mass is 16.7. The van der Waals surface area contributed by atoms with Crippen molar-refractivity contribution in [3.8, 4) is 0 Å². The fourth-order valence-corrected chi connectivity index (χ4v) is 2.12. The number of H-pyrrole nitrogens is 1. The van der Waals surface area contributed by atoms with E-state index < -0.39 is 0 Å². The van der Waals surface area contributed by atoms with Crippen LogP contribution in [0.25, 0.3) is 0 Å². The molecule has 0 unspecified atom stereocenters. The van der Waals surface area contributed by atoms with Gasteiger partial charge in [-0.2, -0.15) is 5.10 Å². The first-order valence-electron chi connectivity index (χ1n) is 6.60. The van der Waals surface area contributed by atoms with Gasteiger partial charge in [0.2, 0.25) is 0 Å². The minimum Gasteiger partial charge on any atom is -0.395 e. The second-order valence-corrected chi connectivity index (χ2v) is 4.76. The summed E-state index contributed by atoms with van der Waals surface area (Å²) in [5, 5.41) is 9.35. The van der Waals surface area contributed by atoms with E-state index in [9.17, 15) is 4.79 Å². The number of carbonyl (C=O) groups is 1. The molecule has 1 fully saturated rings. The summed E-state index contributed by atoms with van der Waals surface area (Å²) in [5.74, 6) is -0.359. The van der Waals surface area contributed by atoms with Gasteiger partial charge in [-0.25, -0.2) is 0 Å². The summed E-state index contributed by atoms with van der Waals surface area (Å²) < 4.78 is 10.9. The van der Waals surface area contributed by atoms with Gasteiger partial charge < -0.3 is 20.5 Å². The summed E-state index contributed by atoms with van der Waals surface area (Å²) in [5.41, 5.74) is 8.49. The number of aromatic amines is 1. The zero-order chi connectivity index (χ0) is 14.8. The van der Waals surface area contributed by atoms with Crippen LogP contribution in [0.5, 0.6) is 0 Å². The number of hydrogen-bond donors (Lipinski definition) is 3. The number of carbonyl (C=O) groups excluding carboxylic acids is 1. The van der Waals surface area contributed by atoms with E-state index in [2.05, 4.69) is 15.5 Å². The van der Waals surface area contributed by atoms with E-state index >= 15 is 0 Å². The first-order chi connectivity index (χ1) is 10.1. The predicted octanol–water partition coefficient (Wildman–Crippen LogP) is 1.60. The monoisotopic (exact) mass is 288 g/mol. The Morgan fingerprint density at radius 2 is 2.19 bits per heavy atom. The smallest absolute Gasteiger partial charge is 0.278 e. The lowest BCUT2D eigenvalue weighted by Gasteiger charge is -2.11. The quantitative estimate of drug-likeness (QED) is 0.796. The molecule has 7 heteroatoms. The van der Waals surface area contributed by atoms with Crippen LogP contribution in [-0.4, -0.2) is 29.3 Å². The third-order valence-electron chi connectivity index (χ3n) is 3.25. The Morgan fingerprint density at radius 1 is 1.43 bits per heavy atom. The average Bonchev–Trinajstić information content (AvgIpc) is 3.11. The lowest BCUT2D eigenvalue weighted by atomic mass is 10.2. The zero-order valence-electron chi connectivity index (χ0n) is 11.6. The van der Waals surface area contributed by atoms with Crippen LogP contribution in [0.15, 0.2) is 24.3 Å². The van der Waals surface area contributed by atoms with Gasteiger partial charge in [0.15, 0.2) is 12.0 Å². The van der Waals surface area contributed by atoms with Gasteiger partial charge in [0.05, 0.1) is 24.6 Å². The van der Waals surface area contributed by atoms with Gasteiger partial charge >= 0.3 is 0 Å². The largest absolute Gasteiger partial charge is 0.395 e. The summed E-state index contributed by atoms with van der Waals surface area (Å²) in [6, 6.07) is 7.31. The number of benzene rings is 1. The van der Waals surface area contributed by atoms with Gasteiger partial charge in [-0.3, -0.25) is 9.89 Å². The third-order valence-corrected chi connectivity index (χ3v) is 3.25. The molecule has 1 aliphatic heterocycles. The van der Waals surface area contributed by atoms with E-state index in [-0.39, 0.29) is 17.9 Å². The van der Waals surface area contributed by atoms with Crippen LogP contribution < -0.4 is 11.1 Å². The number of rotatable bonds is 3. The van der Waals surface area contributed by atoms with Crippen LogP contribution in [0.2, 0.25) is 0 Å². The van der Waals surface area contributed by atoms with E-state index in [4.69, 9.17) is 15.2 Å². The summed E-state index contributed by atoms with van der Waals surface area (Å²) in [6.45, 7) is 2.91. The number of aryl methyl sites for hydroxylation is 1. The molecule has 1 aromatic carbocycles. The molecule has 110 valence electrons. The highest BCUT2D eigenvalue weighted by molar-refractivity contribution is 6.06. The van der Waals surface area contributed by atoms with Gasteiger partial charge in [0, 0.05) is 11.3 Å². The molecular formula is C14H16N4O3. The van der Waals surface area contributed by atoms with Crippen molar-refractivity contribution in [2.75, 3.05) is 24.3 Å². The molecular weight excluding hydrogens is 272 g/mol. The Morgan fingerprint density at radius 3 is 2.86 bits per heavy atom. The topological polar surface area (TPSA) is 102 Å². The van der Waals surface area contributed by atoms with Crippen LogP contribution >= 0.6 is 0 Å². The number of nitrogen functional groups attached to an aromatic ring is 1. The van der Waals surface area contributed by atoms with Gasteiger partial charge in [-0.05, 0) is 19.1 Å². The number of ether oxygens (including phenoxy) is 2.